The largest absolute Gasteiger partial charge is 0.466 e. The van der Waals surface area contributed by atoms with Gasteiger partial charge in [-0.15, -0.1) is 0 Å². The van der Waals surface area contributed by atoms with E-state index in [-0.39, 0.29) is 31.0 Å². The molecule has 6 heteroatoms. The molecule has 0 aliphatic rings. The Hall–Kier alpha value is -2.79. The molecule has 0 fully saturated rings. The Labute approximate surface area is 183 Å². The quantitative estimate of drug-likeness (QED) is 0.415. The van der Waals surface area contributed by atoms with Gasteiger partial charge in [0.25, 0.3) is 0 Å². The summed E-state index contributed by atoms with van der Waals surface area (Å²) in [6.07, 6.45) is 1.57. The SMILES string of the molecule is CCOC(=O)CC(N/C(=C/C(=O)OCc1ccccc1)C(C)C)c1ccc(Cl)cc1. The van der Waals surface area contributed by atoms with Crippen LogP contribution in [-0.4, -0.2) is 18.5 Å². The average molecular weight is 430 g/mol. The van der Waals surface area contributed by atoms with Crippen molar-refractivity contribution in [2.75, 3.05) is 6.61 Å². The molecule has 30 heavy (non-hydrogen) atoms. The fraction of sp³-hybridized carbons (Fsp3) is 0.333. The zero-order valence-electron chi connectivity index (χ0n) is 17.6. The summed E-state index contributed by atoms with van der Waals surface area (Å²) in [5, 5.41) is 3.93. The van der Waals surface area contributed by atoms with Gasteiger partial charge in [-0.05, 0) is 36.1 Å². The number of carbonyl (C=O) groups excluding carboxylic acids is 2. The van der Waals surface area contributed by atoms with Crippen LogP contribution in [0.25, 0.3) is 0 Å². The molecule has 0 saturated heterocycles. The van der Waals surface area contributed by atoms with Gasteiger partial charge in [0.05, 0.1) is 19.1 Å². The van der Waals surface area contributed by atoms with Gasteiger partial charge in [-0.3, -0.25) is 4.79 Å². The van der Waals surface area contributed by atoms with Gasteiger partial charge in [0, 0.05) is 16.8 Å². The lowest BCUT2D eigenvalue weighted by Gasteiger charge is -2.24. The summed E-state index contributed by atoms with van der Waals surface area (Å²) in [4.78, 5) is 24.5. The van der Waals surface area contributed by atoms with Gasteiger partial charge >= 0.3 is 11.9 Å². The maximum Gasteiger partial charge on any atom is 0.332 e. The Kier molecular flexibility index (Phi) is 9.42. The first-order valence-corrected chi connectivity index (χ1v) is 10.4. The molecule has 1 unspecified atom stereocenters. The Bertz CT molecular complexity index is 847. The highest BCUT2D eigenvalue weighted by Gasteiger charge is 2.20. The Balaban J connectivity index is 2.15. The smallest absolute Gasteiger partial charge is 0.332 e. The summed E-state index contributed by atoms with van der Waals surface area (Å²) in [5.41, 5.74) is 2.47. The van der Waals surface area contributed by atoms with Gasteiger partial charge < -0.3 is 14.8 Å². The maximum atomic E-state index is 12.4. The third kappa shape index (κ3) is 7.91. The fourth-order valence-corrected chi connectivity index (χ4v) is 2.93. The Morgan fingerprint density at radius 3 is 2.30 bits per heavy atom. The minimum absolute atomic E-state index is 0.0197. The summed E-state index contributed by atoms with van der Waals surface area (Å²) in [6, 6.07) is 16.4. The van der Waals surface area contributed by atoms with Crippen molar-refractivity contribution in [3.8, 4) is 0 Å². The number of ether oxygens (including phenoxy) is 2. The molecule has 0 saturated carbocycles. The highest BCUT2D eigenvalue weighted by Crippen LogP contribution is 2.23. The van der Waals surface area contributed by atoms with E-state index in [4.69, 9.17) is 21.1 Å². The molecule has 1 N–H and O–H groups in total. The minimum atomic E-state index is -0.443. The number of nitrogens with one attached hydrogen (secondary N) is 1. The van der Waals surface area contributed by atoms with E-state index in [0.717, 1.165) is 11.1 Å². The number of halogens is 1. The van der Waals surface area contributed by atoms with Crippen LogP contribution in [-0.2, 0) is 25.7 Å². The zero-order chi connectivity index (χ0) is 21.9. The van der Waals surface area contributed by atoms with Gasteiger partial charge in [-0.2, -0.15) is 0 Å². The molecule has 0 amide bonds. The normalized spacial score (nSPS) is 12.4. The summed E-state index contributed by atoms with van der Waals surface area (Å²) < 4.78 is 10.5. The van der Waals surface area contributed by atoms with E-state index >= 15 is 0 Å². The molecule has 2 aromatic carbocycles. The zero-order valence-corrected chi connectivity index (χ0v) is 18.3. The van der Waals surface area contributed by atoms with Gasteiger partial charge in [0.1, 0.15) is 6.61 Å². The van der Waals surface area contributed by atoms with E-state index < -0.39 is 5.97 Å². The van der Waals surface area contributed by atoms with E-state index in [0.29, 0.717) is 17.3 Å². The summed E-state index contributed by atoms with van der Waals surface area (Å²) in [6.45, 7) is 6.21. The van der Waals surface area contributed by atoms with E-state index in [1.165, 1.54) is 6.08 Å². The molecule has 0 bridgehead atoms. The molecule has 0 spiro atoms. The summed E-state index contributed by atoms with van der Waals surface area (Å²) in [5.74, 6) is -0.743. The molecule has 0 aliphatic carbocycles. The summed E-state index contributed by atoms with van der Waals surface area (Å²) in [7, 11) is 0. The minimum Gasteiger partial charge on any atom is -0.466 e. The number of esters is 2. The Morgan fingerprint density at radius 1 is 1.03 bits per heavy atom. The lowest BCUT2D eigenvalue weighted by molar-refractivity contribution is -0.143. The van der Waals surface area contributed by atoms with Crippen LogP contribution in [0, 0.1) is 5.92 Å². The number of carbonyl (C=O) groups is 2. The summed E-state index contributed by atoms with van der Waals surface area (Å²) >= 11 is 6.00. The second-order valence-electron chi connectivity index (χ2n) is 7.11. The van der Waals surface area contributed by atoms with Crippen molar-refractivity contribution in [1.82, 2.24) is 5.32 Å². The van der Waals surface area contributed by atoms with E-state index in [1.807, 2.05) is 56.3 Å². The maximum absolute atomic E-state index is 12.4. The van der Waals surface area contributed by atoms with Crippen LogP contribution in [0.4, 0.5) is 0 Å². The molecular formula is C24H28ClNO4. The van der Waals surface area contributed by atoms with Crippen molar-refractivity contribution >= 4 is 23.5 Å². The fourth-order valence-electron chi connectivity index (χ4n) is 2.81. The first kappa shape index (κ1) is 23.5. The van der Waals surface area contributed by atoms with Crippen LogP contribution in [0.3, 0.4) is 0 Å². The predicted molar refractivity (Wildman–Crippen MR) is 118 cm³/mol. The van der Waals surface area contributed by atoms with Crippen molar-refractivity contribution < 1.29 is 19.1 Å². The van der Waals surface area contributed by atoms with Crippen molar-refractivity contribution in [2.24, 2.45) is 5.92 Å². The highest BCUT2D eigenvalue weighted by molar-refractivity contribution is 6.30. The van der Waals surface area contributed by atoms with Crippen LogP contribution in [0.1, 0.15) is 44.4 Å². The van der Waals surface area contributed by atoms with Crippen LogP contribution >= 0.6 is 11.6 Å². The third-order valence-corrected chi connectivity index (χ3v) is 4.66. The van der Waals surface area contributed by atoms with E-state index in [9.17, 15) is 9.59 Å². The first-order valence-electron chi connectivity index (χ1n) is 9.99. The van der Waals surface area contributed by atoms with Crippen molar-refractivity contribution in [1.29, 1.82) is 0 Å². The molecule has 1 atom stereocenters. The molecule has 5 nitrogen and oxygen atoms in total. The molecule has 0 heterocycles. The van der Waals surface area contributed by atoms with Crippen LogP contribution in [0.15, 0.2) is 66.4 Å². The third-order valence-electron chi connectivity index (χ3n) is 4.41. The number of hydrogen-bond donors (Lipinski definition) is 1. The predicted octanol–water partition coefficient (Wildman–Crippen LogP) is 5.21. The van der Waals surface area contributed by atoms with Crippen LogP contribution in [0.2, 0.25) is 5.02 Å². The number of rotatable bonds is 10. The van der Waals surface area contributed by atoms with Gasteiger partial charge in [-0.1, -0.05) is 67.9 Å². The van der Waals surface area contributed by atoms with Crippen molar-refractivity contribution in [3.05, 3.63) is 82.5 Å². The number of allylic oxidation sites excluding steroid dienone is 1. The Morgan fingerprint density at radius 2 is 1.70 bits per heavy atom. The van der Waals surface area contributed by atoms with Gasteiger partial charge in [0.15, 0.2) is 0 Å². The highest BCUT2D eigenvalue weighted by atomic mass is 35.5. The van der Waals surface area contributed by atoms with Crippen LogP contribution < -0.4 is 5.32 Å². The lowest BCUT2D eigenvalue weighted by Crippen LogP contribution is -2.27. The molecule has 0 radical (unpaired) electrons. The van der Waals surface area contributed by atoms with Crippen molar-refractivity contribution in [3.63, 3.8) is 0 Å². The van der Waals surface area contributed by atoms with Gasteiger partial charge in [-0.25, -0.2) is 4.79 Å². The number of hydrogen-bond acceptors (Lipinski definition) is 5. The average Bonchev–Trinajstić information content (AvgIpc) is 2.72. The molecule has 2 aromatic rings. The van der Waals surface area contributed by atoms with Gasteiger partial charge in [0.2, 0.25) is 0 Å². The monoisotopic (exact) mass is 429 g/mol. The topological polar surface area (TPSA) is 64.6 Å². The number of benzene rings is 2. The molecular weight excluding hydrogens is 402 g/mol. The van der Waals surface area contributed by atoms with Crippen LogP contribution in [0.5, 0.6) is 0 Å². The van der Waals surface area contributed by atoms with E-state index in [1.54, 1.807) is 19.1 Å². The van der Waals surface area contributed by atoms with Crippen molar-refractivity contribution in [2.45, 2.75) is 39.8 Å². The first-order chi connectivity index (χ1) is 14.4. The second-order valence-corrected chi connectivity index (χ2v) is 7.54. The second kappa shape index (κ2) is 12.0. The molecule has 160 valence electrons. The standard InChI is InChI=1S/C24H28ClNO4/c1-4-29-23(27)15-22(19-10-12-20(25)13-11-19)26-21(17(2)3)14-24(28)30-16-18-8-6-5-7-9-18/h5-14,17,22,26H,4,15-16H2,1-3H3/b21-14+. The lowest BCUT2D eigenvalue weighted by atomic mass is 10.0. The molecule has 0 aliphatic heterocycles. The molecule has 2 rings (SSSR count). The molecule has 0 aromatic heterocycles. The van der Waals surface area contributed by atoms with E-state index in [2.05, 4.69) is 5.32 Å².